The molecule has 0 radical (unpaired) electrons. The predicted molar refractivity (Wildman–Crippen MR) is 102 cm³/mol. The lowest BCUT2D eigenvalue weighted by molar-refractivity contribution is -0.127. The van der Waals surface area contributed by atoms with E-state index in [4.69, 9.17) is 0 Å². The Hall–Kier alpha value is -2.81. The minimum atomic E-state index is -0.200. The molecule has 1 fully saturated rings. The van der Waals surface area contributed by atoms with E-state index in [1.165, 1.54) is 11.8 Å². The van der Waals surface area contributed by atoms with Crippen LogP contribution in [0, 0.1) is 0 Å². The van der Waals surface area contributed by atoms with Crippen molar-refractivity contribution >= 4 is 17.7 Å². The third-order valence-corrected chi connectivity index (χ3v) is 5.35. The van der Waals surface area contributed by atoms with Crippen LogP contribution in [0.2, 0.25) is 0 Å². The average molecular weight is 384 g/mol. The van der Waals surface area contributed by atoms with Crippen LogP contribution in [0.1, 0.15) is 24.4 Å². The fourth-order valence-corrected chi connectivity index (χ4v) is 3.76. The summed E-state index contributed by atoms with van der Waals surface area (Å²) in [5.41, 5.74) is 1.73. The fraction of sp³-hybridized carbons (Fsp3) is 0.333. The van der Waals surface area contributed by atoms with E-state index in [1.54, 1.807) is 27.4 Å². The van der Waals surface area contributed by atoms with Crippen molar-refractivity contribution in [2.45, 2.75) is 30.6 Å². The van der Waals surface area contributed by atoms with Crippen molar-refractivity contribution in [2.24, 2.45) is 0 Å². The van der Waals surface area contributed by atoms with Crippen LogP contribution in [0.25, 0.3) is 5.69 Å². The van der Waals surface area contributed by atoms with E-state index in [-0.39, 0.29) is 23.4 Å². The topological polar surface area (TPSA) is 88.8 Å². The first kappa shape index (κ1) is 17.6. The molecular formula is C18H20N6O2S. The van der Waals surface area contributed by atoms with Crippen LogP contribution in [0.5, 0.6) is 0 Å². The van der Waals surface area contributed by atoms with Gasteiger partial charge in [0.05, 0.1) is 17.6 Å². The Kier molecular flexibility index (Phi) is 4.85. The molecule has 4 rings (SSSR count). The lowest BCUT2D eigenvalue weighted by atomic mass is 10.3. The first-order chi connectivity index (χ1) is 13.1. The number of hydrogen-bond acceptors (Lipinski definition) is 5. The van der Waals surface area contributed by atoms with E-state index in [2.05, 4.69) is 15.3 Å². The highest BCUT2D eigenvalue weighted by Crippen LogP contribution is 2.36. The van der Waals surface area contributed by atoms with Gasteiger partial charge in [0.15, 0.2) is 5.16 Å². The summed E-state index contributed by atoms with van der Waals surface area (Å²) in [6, 6.07) is 10.1. The highest BCUT2D eigenvalue weighted by atomic mass is 32.2. The number of H-pyrrole nitrogens is 1. The Labute approximate surface area is 160 Å². The molecule has 0 atom stereocenters. The first-order valence-corrected chi connectivity index (χ1v) is 9.73. The molecule has 2 aromatic heterocycles. The van der Waals surface area contributed by atoms with E-state index < -0.39 is 0 Å². The molecule has 0 bridgehead atoms. The van der Waals surface area contributed by atoms with Gasteiger partial charge in [0.1, 0.15) is 0 Å². The van der Waals surface area contributed by atoms with Crippen LogP contribution < -0.4 is 5.69 Å². The lowest BCUT2D eigenvalue weighted by Crippen LogP contribution is -2.28. The van der Waals surface area contributed by atoms with Gasteiger partial charge in [0.2, 0.25) is 5.91 Å². The highest BCUT2D eigenvalue weighted by molar-refractivity contribution is 7.99. The maximum Gasteiger partial charge on any atom is 0.344 e. The number of nitrogens with one attached hydrogen (secondary N) is 1. The van der Waals surface area contributed by atoms with Crippen LogP contribution in [-0.2, 0) is 11.3 Å². The molecule has 140 valence electrons. The van der Waals surface area contributed by atoms with Crippen LogP contribution in [0.15, 0.2) is 52.7 Å². The molecule has 0 saturated heterocycles. The first-order valence-electron chi connectivity index (χ1n) is 8.74. The number of hydrogen-bond donors (Lipinski definition) is 1. The standard InChI is InChI=1S/C18H20N6O2S/c1-22(10-13-9-19-23(11-13)14-5-3-2-4-6-14)16(25)12-27-18-21-20-17(26)24(18)15-7-8-15/h2-6,9,11,15H,7-8,10,12H2,1H3,(H,20,26). The predicted octanol–water partition coefficient (Wildman–Crippen LogP) is 1.84. The second kappa shape index (κ2) is 7.43. The Bertz CT molecular complexity index is 989. The number of carbonyl (C=O) groups excluding carboxylic acids is 1. The van der Waals surface area contributed by atoms with E-state index in [0.29, 0.717) is 11.7 Å². The van der Waals surface area contributed by atoms with E-state index in [0.717, 1.165) is 24.1 Å². The second-order valence-corrected chi connectivity index (χ2v) is 7.52. The van der Waals surface area contributed by atoms with Crippen molar-refractivity contribution in [1.29, 1.82) is 0 Å². The van der Waals surface area contributed by atoms with Crippen LogP contribution in [-0.4, -0.2) is 48.2 Å². The van der Waals surface area contributed by atoms with Crippen molar-refractivity contribution < 1.29 is 4.79 Å². The van der Waals surface area contributed by atoms with Crippen molar-refractivity contribution in [3.8, 4) is 5.69 Å². The zero-order chi connectivity index (χ0) is 18.8. The third kappa shape index (κ3) is 3.97. The molecule has 1 aromatic carbocycles. The van der Waals surface area contributed by atoms with Gasteiger partial charge in [-0.3, -0.25) is 9.36 Å². The molecule has 0 spiro atoms. The molecule has 27 heavy (non-hydrogen) atoms. The lowest BCUT2D eigenvalue weighted by Gasteiger charge is -2.15. The van der Waals surface area contributed by atoms with Gasteiger partial charge in [-0.2, -0.15) is 5.10 Å². The summed E-state index contributed by atoms with van der Waals surface area (Å²) < 4.78 is 3.45. The maximum atomic E-state index is 12.5. The summed E-state index contributed by atoms with van der Waals surface area (Å²) in [7, 11) is 1.77. The molecule has 1 N–H and O–H groups in total. The quantitative estimate of drug-likeness (QED) is 0.628. The molecule has 9 heteroatoms. The summed E-state index contributed by atoms with van der Waals surface area (Å²) in [6.07, 6.45) is 5.67. The molecule has 2 heterocycles. The molecule has 0 unspecified atom stereocenters. The van der Waals surface area contributed by atoms with Gasteiger partial charge in [-0.05, 0) is 25.0 Å². The Morgan fingerprint density at radius 2 is 2.11 bits per heavy atom. The molecule has 0 aliphatic heterocycles. The van der Waals surface area contributed by atoms with Gasteiger partial charge >= 0.3 is 5.69 Å². The molecule has 1 aliphatic rings. The number of benzene rings is 1. The van der Waals surface area contributed by atoms with Gasteiger partial charge < -0.3 is 4.90 Å². The van der Waals surface area contributed by atoms with Crippen molar-refractivity contribution in [3.05, 3.63) is 58.8 Å². The van der Waals surface area contributed by atoms with E-state index in [1.807, 2.05) is 36.5 Å². The van der Waals surface area contributed by atoms with Gasteiger partial charge in [0, 0.05) is 31.4 Å². The second-order valence-electron chi connectivity index (χ2n) is 6.58. The summed E-state index contributed by atoms with van der Waals surface area (Å²) in [5.74, 6) is 0.214. The molecular weight excluding hydrogens is 364 g/mol. The van der Waals surface area contributed by atoms with Crippen molar-refractivity contribution in [3.63, 3.8) is 0 Å². The Morgan fingerprint density at radius 3 is 2.85 bits per heavy atom. The summed E-state index contributed by atoms with van der Waals surface area (Å²) >= 11 is 1.29. The van der Waals surface area contributed by atoms with Gasteiger partial charge in [-0.1, -0.05) is 30.0 Å². The number of para-hydroxylation sites is 1. The van der Waals surface area contributed by atoms with E-state index in [9.17, 15) is 9.59 Å². The summed E-state index contributed by atoms with van der Waals surface area (Å²) in [5, 5.41) is 11.4. The SMILES string of the molecule is CN(Cc1cnn(-c2ccccc2)c1)C(=O)CSc1n[nH]c(=O)n1C1CC1. The number of rotatable bonds is 7. The number of thioether (sulfide) groups is 1. The number of nitrogens with zero attached hydrogens (tertiary/aromatic N) is 5. The summed E-state index contributed by atoms with van der Waals surface area (Å²) in [4.78, 5) is 25.9. The van der Waals surface area contributed by atoms with Crippen LogP contribution in [0.4, 0.5) is 0 Å². The third-order valence-electron chi connectivity index (χ3n) is 4.41. The molecule has 8 nitrogen and oxygen atoms in total. The number of aromatic nitrogens is 5. The van der Waals surface area contributed by atoms with Gasteiger partial charge in [-0.15, -0.1) is 5.10 Å². The largest absolute Gasteiger partial charge is 0.344 e. The molecule has 3 aromatic rings. The number of aromatic amines is 1. The van der Waals surface area contributed by atoms with Crippen LogP contribution in [0.3, 0.4) is 0 Å². The Morgan fingerprint density at radius 1 is 1.33 bits per heavy atom. The average Bonchev–Trinajstić information content (AvgIpc) is 3.29. The van der Waals surface area contributed by atoms with Gasteiger partial charge in [0.25, 0.3) is 0 Å². The molecule has 1 saturated carbocycles. The zero-order valence-electron chi connectivity index (χ0n) is 14.9. The van der Waals surface area contributed by atoms with Gasteiger partial charge in [-0.25, -0.2) is 14.6 Å². The van der Waals surface area contributed by atoms with Crippen molar-refractivity contribution in [1.82, 2.24) is 29.4 Å². The van der Waals surface area contributed by atoms with E-state index >= 15 is 0 Å². The maximum absolute atomic E-state index is 12.5. The van der Waals surface area contributed by atoms with Crippen LogP contribution >= 0.6 is 11.8 Å². The Balaban J connectivity index is 1.35. The minimum Gasteiger partial charge on any atom is -0.341 e. The summed E-state index contributed by atoms with van der Waals surface area (Å²) in [6.45, 7) is 0.474. The highest BCUT2D eigenvalue weighted by Gasteiger charge is 2.28. The number of carbonyl (C=O) groups is 1. The normalized spacial score (nSPS) is 13.7. The monoisotopic (exact) mass is 384 g/mol. The molecule has 1 aliphatic carbocycles. The smallest absolute Gasteiger partial charge is 0.341 e. The zero-order valence-corrected chi connectivity index (χ0v) is 15.7. The van der Waals surface area contributed by atoms with Crippen molar-refractivity contribution in [2.75, 3.05) is 12.8 Å². The molecule has 1 amide bonds. The fourth-order valence-electron chi connectivity index (χ4n) is 2.81. The minimum absolute atomic E-state index is 0.0229. The number of amides is 1.